The van der Waals surface area contributed by atoms with E-state index in [9.17, 15) is 9.50 Å². The Bertz CT molecular complexity index is 477. The lowest BCUT2D eigenvalue weighted by Crippen LogP contribution is -2.40. The molecule has 0 saturated carbocycles. The Hall–Kier alpha value is -1.23. The molecule has 4 heteroatoms. The summed E-state index contributed by atoms with van der Waals surface area (Å²) in [4.78, 5) is 0. The van der Waals surface area contributed by atoms with Crippen molar-refractivity contribution in [2.75, 3.05) is 13.2 Å². The van der Waals surface area contributed by atoms with Crippen LogP contribution in [0.15, 0.2) is 41.1 Å². The van der Waals surface area contributed by atoms with Crippen LogP contribution >= 0.6 is 11.3 Å². The molecular weight excluding hydrogens is 249 g/mol. The summed E-state index contributed by atoms with van der Waals surface area (Å²) in [5.41, 5.74) is 7.34. The summed E-state index contributed by atoms with van der Waals surface area (Å²) in [5, 5.41) is 13.8. The van der Waals surface area contributed by atoms with E-state index in [-0.39, 0.29) is 12.4 Å². The molecule has 2 aromatic rings. The van der Waals surface area contributed by atoms with E-state index in [1.54, 1.807) is 23.5 Å². The number of hydrogen-bond acceptors (Lipinski definition) is 3. The lowest BCUT2D eigenvalue weighted by atomic mass is 9.76. The molecule has 0 spiro atoms. The molecule has 1 heterocycles. The van der Waals surface area contributed by atoms with Gasteiger partial charge in [-0.3, -0.25) is 0 Å². The molecule has 0 aliphatic heterocycles. The van der Waals surface area contributed by atoms with Gasteiger partial charge < -0.3 is 10.8 Å². The lowest BCUT2D eigenvalue weighted by Gasteiger charge is -2.31. The summed E-state index contributed by atoms with van der Waals surface area (Å²) in [6.45, 7) is 0.274. The number of thiophene rings is 1. The average molecular weight is 265 g/mol. The molecule has 0 amide bonds. The zero-order chi connectivity index (χ0) is 13.0. The fraction of sp³-hybridized carbons (Fsp3) is 0.286. The topological polar surface area (TPSA) is 46.2 Å². The van der Waals surface area contributed by atoms with Crippen molar-refractivity contribution in [3.63, 3.8) is 0 Å². The SMILES string of the molecule is NCC(CO)(Cc1ccsc1)c1ccc(F)cc1. The Balaban J connectivity index is 2.33. The molecule has 1 atom stereocenters. The Kier molecular flexibility index (Phi) is 4.11. The molecule has 1 unspecified atom stereocenters. The zero-order valence-corrected chi connectivity index (χ0v) is 10.8. The van der Waals surface area contributed by atoms with Crippen molar-refractivity contribution >= 4 is 11.3 Å². The molecule has 0 aliphatic rings. The van der Waals surface area contributed by atoms with Crippen LogP contribution in [0.5, 0.6) is 0 Å². The maximum absolute atomic E-state index is 13.0. The first kappa shape index (κ1) is 13.2. The van der Waals surface area contributed by atoms with Gasteiger partial charge in [-0.05, 0) is 46.5 Å². The number of aliphatic hydroxyl groups is 1. The van der Waals surface area contributed by atoms with Crippen molar-refractivity contribution in [1.82, 2.24) is 0 Å². The van der Waals surface area contributed by atoms with Crippen molar-refractivity contribution in [3.8, 4) is 0 Å². The lowest BCUT2D eigenvalue weighted by molar-refractivity contribution is 0.196. The van der Waals surface area contributed by atoms with Gasteiger partial charge in [-0.25, -0.2) is 4.39 Å². The number of hydrogen-bond donors (Lipinski definition) is 2. The first-order valence-electron chi connectivity index (χ1n) is 5.78. The number of benzene rings is 1. The molecule has 1 aromatic carbocycles. The third-order valence-electron chi connectivity index (χ3n) is 3.27. The molecule has 1 aromatic heterocycles. The van der Waals surface area contributed by atoms with E-state index in [1.807, 2.05) is 16.8 Å². The van der Waals surface area contributed by atoms with E-state index in [4.69, 9.17) is 5.73 Å². The maximum Gasteiger partial charge on any atom is 0.123 e. The summed E-state index contributed by atoms with van der Waals surface area (Å²) in [6, 6.07) is 8.23. The molecule has 0 fully saturated rings. The van der Waals surface area contributed by atoms with Gasteiger partial charge in [0, 0.05) is 12.0 Å². The Morgan fingerprint density at radius 1 is 1.22 bits per heavy atom. The molecule has 96 valence electrons. The van der Waals surface area contributed by atoms with Gasteiger partial charge in [-0.1, -0.05) is 12.1 Å². The van der Waals surface area contributed by atoms with Gasteiger partial charge in [0.1, 0.15) is 5.82 Å². The van der Waals surface area contributed by atoms with Gasteiger partial charge in [0.2, 0.25) is 0 Å². The van der Waals surface area contributed by atoms with E-state index < -0.39 is 5.41 Å². The predicted octanol–water partition coefficient (Wildman–Crippen LogP) is 2.32. The highest BCUT2D eigenvalue weighted by Crippen LogP contribution is 2.28. The minimum atomic E-state index is -0.533. The monoisotopic (exact) mass is 265 g/mol. The van der Waals surface area contributed by atoms with Crippen LogP contribution < -0.4 is 5.73 Å². The van der Waals surface area contributed by atoms with Gasteiger partial charge in [0.25, 0.3) is 0 Å². The highest BCUT2D eigenvalue weighted by molar-refractivity contribution is 7.07. The summed E-state index contributed by atoms with van der Waals surface area (Å²) in [5.74, 6) is -0.279. The second-order valence-electron chi connectivity index (χ2n) is 4.46. The van der Waals surface area contributed by atoms with Crippen LogP contribution in [0.3, 0.4) is 0 Å². The average Bonchev–Trinajstić information content (AvgIpc) is 2.90. The van der Waals surface area contributed by atoms with Crippen LogP contribution in [-0.2, 0) is 11.8 Å². The van der Waals surface area contributed by atoms with Crippen molar-refractivity contribution < 1.29 is 9.50 Å². The van der Waals surface area contributed by atoms with Crippen molar-refractivity contribution in [3.05, 3.63) is 58.0 Å². The highest BCUT2D eigenvalue weighted by Gasteiger charge is 2.30. The van der Waals surface area contributed by atoms with E-state index >= 15 is 0 Å². The first-order valence-corrected chi connectivity index (χ1v) is 6.72. The molecule has 0 saturated heterocycles. The van der Waals surface area contributed by atoms with E-state index in [0.29, 0.717) is 13.0 Å². The van der Waals surface area contributed by atoms with Crippen LogP contribution in [0.25, 0.3) is 0 Å². The molecule has 2 rings (SSSR count). The number of aliphatic hydroxyl groups excluding tert-OH is 1. The van der Waals surface area contributed by atoms with E-state index in [2.05, 4.69) is 0 Å². The van der Waals surface area contributed by atoms with Gasteiger partial charge in [0.05, 0.1) is 6.61 Å². The fourth-order valence-corrected chi connectivity index (χ4v) is 2.76. The summed E-state index contributed by atoms with van der Waals surface area (Å²) >= 11 is 1.62. The number of nitrogens with two attached hydrogens (primary N) is 1. The van der Waals surface area contributed by atoms with E-state index in [1.165, 1.54) is 12.1 Å². The third kappa shape index (κ3) is 2.61. The standard InChI is InChI=1S/C14H16FNOS/c15-13-3-1-12(2-4-13)14(9-16,10-17)7-11-5-6-18-8-11/h1-6,8,17H,7,9-10,16H2. The zero-order valence-electron chi connectivity index (χ0n) is 9.97. The molecule has 3 N–H and O–H groups in total. The molecule has 0 aliphatic carbocycles. The van der Waals surface area contributed by atoms with Crippen molar-refractivity contribution in [2.24, 2.45) is 5.73 Å². The molecule has 2 nitrogen and oxygen atoms in total. The summed E-state index contributed by atoms with van der Waals surface area (Å²) in [7, 11) is 0. The Morgan fingerprint density at radius 2 is 1.94 bits per heavy atom. The minimum Gasteiger partial charge on any atom is -0.395 e. The summed E-state index contributed by atoms with van der Waals surface area (Å²) < 4.78 is 13.0. The van der Waals surface area contributed by atoms with Gasteiger partial charge in [-0.15, -0.1) is 0 Å². The summed E-state index contributed by atoms with van der Waals surface area (Å²) in [6.07, 6.45) is 0.662. The molecule has 0 bridgehead atoms. The first-order chi connectivity index (χ1) is 8.70. The quantitative estimate of drug-likeness (QED) is 0.871. The molecule has 18 heavy (non-hydrogen) atoms. The smallest absolute Gasteiger partial charge is 0.123 e. The molecular formula is C14H16FNOS. The van der Waals surface area contributed by atoms with Crippen molar-refractivity contribution in [1.29, 1.82) is 0 Å². The van der Waals surface area contributed by atoms with Gasteiger partial charge in [0.15, 0.2) is 0 Å². The second-order valence-corrected chi connectivity index (χ2v) is 5.24. The predicted molar refractivity (Wildman–Crippen MR) is 72.2 cm³/mol. The van der Waals surface area contributed by atoms with Gasteiger partial charge >= 0.3 is 0 Å². The number of rotatable bonds is 5. The highest BCUT2D eigenvalue weighted by atomic mass is 32.1. The third-order valence-corrected chi connectivity index (χ3v) is 4.00. The van der Waals surface area contributed by atoms with Crippen molar-refractivity contribution in [2.45, 2.75) is 11.8 Å². The normalized spacial score (nSPS) is 14.4. The van der Waals surface area contributed by atoms with Crippen LogP contribution in [0.1, 0.15) is 11.1 Å². The van der Waals surface area contributed by atoms with Gasteiger partial charge in [-0.2, -0.15) is 11.3 Å². The largest absolute Gasteiger partial charge is 0.395 e. The van der Waals surface area contributed by atoms with Crippen LogP contribution in [0.2, 0.25) is 0 Å². The van der Waals surface area contributed by atoms with Crippen LogP contribution in [0.4, 0.5) is 4.39 Å². The van der Waals surface area contributed by atoms with Crippen LogP contribution in [0, 0.1) is 5.82 Å². The molecule has 0 radical (unpaired) electrons. The maximum atomic E-state index is 13.0. The van der Waals surface area contributed by atoms with E-state index in [0.717, 1.165) is 11.1 Å². The second kappa shape index (κ2) is 5.61. The fourth-order valence-electron chi connectivity index (χ4n) is 2.09. The minimum absolute atomic E-state index is 0.0506. The number of halogens is 1. The Morgan fingerprint density at radius 3 is 2.44 bits per heavy atom. The Labute approximate surface area is 110 Å². The van der Waals surface area contributed by atoms with Crippen LogP contribution in [-0.4, -0.2) is 18.3 Å².